The van der Waals surface area contributed by atoms with Crippen molar-refractivity contribution < 1.29 is 23.0 Å². The molecule has 0 spiro atoms. The Morgan fingerprint density at radius 2 is 2.10 bits per heavy atom. The van der Waals surface area contributed by atoms with Crippen LogP contribution in [0, 0.1) is 11.3 Å². The first-order chi connectivity index (χ1) is 14.9. The molecule has 1 heterocycles. The molecule has 2 rings (SSSR count). The number of rotatable bonds is 10. The van der Waals surface area contributed by atoms with Gasteiger partial charge in [-0.2, -0.15) is 14.0 Å². The predicted molar refractivity (Wildman–Crippen MR) is 113 cm³/mol. The zero-order valence-electron chi connectivity index (χ0n) is 16.8. The molecular formula is C21H21F2N3O4S. The van der Waals surface area contributed by atoms with E-state index in [9.17, 15) is 23.6 Å². The minimum atomic E-state index is -2.93. The lowest BCUT2D eigenvalue weighted by Crippen LogP contribution is -2.35. The zero-order chi connectivity index (χ0) is 22.8. The number of hydrogen-bond acceptors (Lipinski definition) is 6. The van der Waals surface area contributed by atoms with E-state index in [-0.39, 0.29) is 34.6 Å². The Bertz CT molecular complexity index is 1130. The third kappa shape index (κ3) is 6.60. The van der Waals surface area contributed by atoms with Crippen LogP contribution in [0.25, 0.3) is 11.6 Å². The number of ether oxygens (including phenoxy) is 2. The monoisotopic (exact) mass is 449 g/mol. The number of carbonyl (C=O) groups excluding carboxylic acids is 1. The maximum atomic E-state index is 13.0. The van der Waals surface area contributed by atoms with Crippen LogP contribution in [0.15, 0.2) is 41.7 Å². The number of nitrogens with zero attached hydrogens (tertiary/aromatic N) is 2. The van der Waals surface area contributed by atoms with Crippen molar-refractivity contribution in [1.82, 2.24) is 9.88 Å². The van der Waals surface area contributed by atoms with E-state index in [4.69, 9.17) is 4.74 Å². The van der Waals surface area contributed by atoms with Crippen molar-refractivity contribution in [3.63, 3.8) is 0 Å². The van der Waals surface area contributed by atoms with Crippen LogP contribution >= 0.6 is 11.3 Å². The van der Waals surface area contributed by atoms with Crippen molar-refractivity contribution >= 4 is 28.9 Å². The van der Waals surface area contributed by atoms with Crippen molar-refractivity contribution in [2.45, 2.75) is 19.6 Å². The van der Waals surface area contributed by atoms with Gasteiger partial charge in [0.05, 0.1) is 4.53 Å². The average Bonchev–Trinajstić information content (AvgIpc) is 3.03. The molecule has 0 atom stereocenters. The van der Waals surface area contributed by atoms with Gasteiger partial charge in [0.2, 0.25) is 0 Å². The summed E-state index contributed by atoms with van der Waals surface area (Å²) in [6.07, 6.45) is 3.55. The van der Waals surface area contributed by atoms with Gasteiger partial charge in [0.15, 0.2) is 5.57 Å². The van der Waals surface area contributed by atoms with Gasteiger partial charge in [-0.1, -0.05) is 18.2 Å². The average molecular weight is 449 g/mol. The smallest absolute Gasteiger partial charge is 0.387 e. The number of amides is 1. The second-order valence-corrected chi connectivity index (χ2v) is 7.18. The molecule has 0 aliphatic carbocycles. The molecule has 1 N–H and O–H groups in total. The number of benzene rings is 1. The molecule has 2 aromatic rings. The number of nitrogens with one attached hydrogen (secondary N) is 1. The highest BCUT2D eigenvalue weighted by Gasteiger charge is 2.15. The number of nitriles is 1. The lowest BCUT2D eigenvalue weighted by Gasteiger charge is -2.04. The molecule has 164 valence electrons. The van der Waals surface area contributed by atoms with E-state index in [1.165, 1.54) is 42.0 Å². The summed E-state index contributed by atoms with van der Waals surface area (Å²) in [7, 11) is 1.54. The fourth-order valence-corrected chi connectivity index (χ4v) is 3.75. The highest BCUT2D eigenvalue weighted by atomic mass is 32.1. The van der Waals surface area contributed by atoms with E-state index in [1.54, 1.807) is 6.08 Å². The Morgan fingerprint density at radius 1 is 1.39 bits per heavy atom. The summed E-state index contributed by atoms with van der Waals surface area (Å²) < 4.78 is 35.8. The van der Waals surface area contributed by atoms with E-state index >= 15 is 0 Å². The standard InChI is InChI=1S/C21H21F2N3O4S/c1-3-9-25-18(27)16(13-24)20-26(10-4-11-29-2)19(28)17(31-20)12-14-5-7-15(8-6-14)30-21(22)23/h3,5-8,12,21H,1,4,9-11H2,2H3,(H,25,27)/b17-12+,20-16-. The van der Waals surface area contributed by atoms with Crippen molar-refractivity contribution in [2.24, 2.45) is 0 Å². The zero-order valence-corrected chi connectivity index (χ0v) is 17.6. The maximum Gasteiger partial charge on any atom is 0.387 e. The molecule has 0 aliphatic heterocycles. The van der Waals surface area contributed by atoms with Gasteiger partial charge >= 0.3 is 6.61 Å². The Labute approximate surface area is 181 Å². The van der Waals surface area contributed by atoms with Crippen LogP contribution in [0.1, 0.15) is 12.0 Å². The Morgan fingerprint density at radius 3 is 2.68 bits per heavy atom. The maximum absolute atomic E-state index is 13.0. The van der Waals surface area contributed by atoms with E-state index in [2.05, 4.69) is 16.6 Å². The molecule has 0 radical (unpaired) electrons. The molecule has 10 heteroatoms. The second kappa shape index (κ2) is 11.8. The van der Waals surface area contributed by atoms with Gasteiger partial charge in [0, 0.05) is 26.8 Å². The van der Waals surface area contributed by atoms with Gasteiger partial charge < -0.3 is 14.8 Å². The Kier molecular flexibility index (Phi) is 9.12. The highest BCUT2D eigenvalue weighted by molar-refractivity contribution is 7.07. The van der Waals surface area contributed by atoms with E-state index < -0.39 is 12.5 Å². The lowest BCUT2D eigenvalue weighted by atomic mass is 10.2. The fourth-order valence-electron chi connectivity index (χ4n) is 2.62. The minimum Gasteiger partial charge on any atom is -0.435 e. The van der Waals surface area contributed by atoms with Crippen LogP contribution in [0.5, 0.6) is 5.75 Å². The third-order valence-corrected chi connectivity index (χ3v) is 5.13. The molecule has 0 bridgehead atoms. The van der Waals surface area contributed by atoms with Crippen molar-refractivity contribution in [3.8, 4) is 11.8 Å². The first-order valence-corrected chi connectivity index (χ1v) is 10.0. The summed E-state index contributed by atoms with van der Waals surface area (Å²) in [6.45, 7) is 1.42. The van der Waals surface area contributed by atoms with Crippen LogP contribution in [0.3, 0.4) is 0 Å². The quantitative estimate of drug-likeness (QED) is 0.437. The number of methoxy groups -OCH3 is 1. The minimum absolute atomic E-state index is 0.00464. The summed E-state index contributed by atoms with van der Waals surface area (Å²) >= 11 is 1.00. The molecule has 0 fully saturated rings. The van der Waals surface area contributed by atoms with Gasteiger partial charge in [-0.15, -0.1) is 17.9 Å². The van der Waals surface area contributed by atoms with E-state index in [0.29, 0.717) is 23.1 Å². The van der Waals surface area contributed by atoms with Gasteiger partial charge in [-0.25, -0.2) is 0 Å². The number of aromatic nitrogens is 1. The molecule has 31 heavy (non-hydrogen) atoms. The van der Waals surface area contributed by atoms with Gasteiger partial charge in [0.25, 0.3) is 11.5 Å². The summed E-state index contributed by atoms with van der Waals surface area (Å²) in [6, 6.07) is 7.65. The SMILES string of the molecule is C=CCNC(=O)/C(C#N)=c1\s/c(=C/c2ccc(OC(F)F)cc2)c(=O)n1CCCOC. The van der Waals surface area contributed by atoms with Gasteiger partial charge in [-0.3, -0.25) is 14.2 Å². The summed E-state index contributed by atoms with van der Waals surface area (Å²) in [4.78, 5) is 25.3. The molecule has 0 aliphatic rings. The molecule has 0 saturated carbocycles. The van der Waals surface area contributed by atoms with E-state index in [0.717, 1.165) is 11.3 Å². The van der Waals surface area contributed by atoms with Gasteiger partial charge in [0.1, 0.15) is 16.5 Å². The number of hydrogen-bond donors (Lipinski definition) is 1. The molecule has 1 aromatic heterocycles. The Balaban J connectivity index is 2.58. The predicted octanol–water partition coefficient (Wildman–Crippen LogP) is 1.35. The molecule has 1 aromatic carbocycles. The lowest BCUT2D eigenvalue weighted by molar-refractivity contribution is -0.115. The van der Waals surface area contributed by atoms with Crippen LogP contribution in [0.2, 0.25) is 0 Å². The first kappa shape index (κ1) is 24.0. The summed E-state index contributed by atoms with van der Waals surface area (Å²) in [5.74, 6) is -0.612. The van der Waals surface area contributed by atoms with Crippen LogP contribution in [0.4, 0.5) is 8.78 Å². The van der Waals surface area contributed by atoms with Crippen LogP contribution in [-0.2, 0) is 16.1 Å². The summed E-state index contributed by atoms with van der Waals surface area (Å²) in [5.41, 5.74) is 0.0279. The van der Waals surface area contributed by atoms with Crippen molar-refractivity contribution in [1.29, 1.82) is 5.26 Å². The highest BCUT2D eigenvalue weighted by Crippen LogP contribution is 2.15. The largest absolute Gasteiger partial charge is 0.435 e. The normalized spacial score (nSPS) is 12.4. The molecule has 1 amide bonds. The fraction of sp³-hybridized carbons (Fsp3) is 0.286. The van der Waals surface area contributed by atoms with E-state index in [1.807, 2.05) is 6.07 Å². The second-order valence-electron chi connectivity index (χ2n) is 6.15. The van der Waals surface area contributed by atoms with Crippen molar-refractivity contribution in [2.75, 3.05) is 20.3 Å². The number of carbonyl (C=O) groups is 1. The van der Waals surface area contributed by atoms with Gasteiger partial charge in [-0.05, 0) is 30.2 Å². The first-order valence-electron chi connectivity index (χ1n) is 9.20. The molecular weight excluding hydrogens is 428 g/mol. The van der Waals surface area contributed by atoms with Crippen LogP contribution < -0.4 is 24.8 Å². The molecule has 7 nitrogen and oxygen atoms in total. The third-order valence-electron chi connectivity index (χ3n) is 4.00. The van der Waals surface area contributed by atoms with Crippen molar-refractivity contribution in [3.05, 3.63) is 62.0 Å². The topological polar surface area (TPSA) is 93.4 Å². The molecule has 0 saturated heterocycles. The number of halogens is 2. The number of alkyl halides is 2. The number of thiazole rings is 1. The van der Waals surface area contributed by atoms with Crippen LogP contribution in [-0.4, -0.2) is 37.3 Å². The summed E-state index contributed by atoms with van der Waals surface area (Å²) in [5, 5.41) is 12.1. The molecule has 0 unspecified atom stereocenters. The Hall–Kier alpha value is -3.29.